The highest BCUT2D eigenvalue weighted by Gasteiger charge is 2.21. The van der Waals surface area contributed by atoms with E-state index in [1.165, 1.54) is 36.5 Å². The third kappa shape index (κ3) is 3.05. The molecular weight excluding hydrogens is 296 g/mol. The zero-order valence-electron chi connectivity index (χ0n) is 11.4. The minimum Gasteiger partial charge on any atom is -0.464 e. The van der Waals surface area contributed by atoms with Crippen molar-refractivity contribution in [2.75, 3.05) is 12.4 Å². The van der Waals surface area contributed by atoms with Crippen LogP contribution >= 0.6 is 22.7 Å². The van der Waals surface area contributed by atoms with Gasteiger partial charge in [-0.2, -0.15) is 11.3 Å². The summed E-state index contributed by atoms with van der Waals surface area (Å²) in [5.41, 5.74) is 2.46. The van der Waals surface area contributed by atoms with Crippen molar-refractivity contribution < 1.29 is 14.3 Å². The predicted molar refractivity (Wildman–Crippen MR) is 79.8 cm³/mol. The third-order valence-corrected chi connectivity index (χ3v) is 4.74. The van der Waals surface area contributed by atoms with E-state index in [0.717, 1.165) is 0 Å². The Bertz CT molecular complexity index is 646. The molecule has 0 saturated carbocycles. The molecule has 2 aromatic rings. The van der Waals surface area contributed by atoms with E-state index in [1.54, 1.807) is 11.3 Å². The molecule has 0 bridgehead atoms. The number of nitrogens with zero attached hydrogens (tertiary/aromatic N) is 1. The third-order valence-electron chi connectivity index (χ3n) is 2.72. The normalized spacial score (nSPS) is 10.3. The lowest BCUT2D eigenvalue weighted by atomic mass is 10.2. The minimum absolute atomic E-state index is 0.0783. The molecule has 7 heteroatoms. The van der Waals surface area contributed by atoms with Crippen molar-refractivity contribution in [3.8, 4) is 0 Å². The highest BCUT2D eigenvalue weighted by molar-refractivity contribution is 7.17. The summed E-state index contributed by atoms with van der Waals surface area (Å²) in [7, 11) is 1.27. The van der Waals surface area contributed by atoms with Gasteiger partial charge in [0, 0.05) is 13.5 Å². The number of carbonyl (C=O) groups excluding carboxylic acids is 2. The number of hydrogen-bond donors (Lipinski definition) is 1. The molecule has 106 valence electrons. The minimum atomic E-state index is -0.591. The second kappa shape index (κ2) is 6.15. The highest BCUT2D eigenvalue weighted by atomic mass is 32.1. The van der Waals surface area contributed by atoms with Crippen molar-refractivity contribution in [2.45, 2.75) is 20.4 Å². The van der Waals surface area contributed by atoms with Crippen molar-refractivity contribution in [1.29, 1.82) is 0 Å². The lowest BCUT2D eigenvalue weighted by Gasteiger charge is -2.01. The topological polar surface area (TPSA) is 68.3 Å². The summed E-state index contributed by atoms with van der Waals surface area (Å²) >= 11 is 2.81. The van der Waals surface area contributed by atoms with Gasteiger partial charge in [0.15, 0.2) is 16.6 Å². The molecule has 2 heterocycles. The number of rotatable bonds is 5. The van der Waals surface area contributed by atoms with E-state index in [4.69, 9.17) is 0 Å². The van der Waals surface area contributed by atoms with Crippen molar-refractivity contribution in [2.24, 2.45) is 0 Å². The van der Waals surface area contributed by atoms with E-state index in [9.17, 15) is 9.59 Å². The molecule has 0 atom stereocenters. The Morgan fingerprint density at radius 3 is 2.70 bits per heavy atom. The van der Waals surface area contributed by atoms with Crippen LogP contribution in [0, 0.1) is 6.92 Å². The van der Waals surface area contributed by atoms with Gasteiger partial charge in [0.25, 0.3) is 0 Å². The van der Waals surface area contributed by atoms with E-state index < -0.39 is 5.97 Å². The quantitative estimate of drug-likeness (QED) is 0.679. The molecular formula is C13H14N2O3S2. The van der Waals surface area contributed by atoms with Gasteiger partial charge in [0.1, 0.15) is 4.88 Å². The average molecular weight is 310 g/mol. The van der Waals surface area contributed by atoms with E-state index in [0.29, 0.717) is 16.6 Å². The van der Waals surface area contributed by atoms with Gasteiger partial charge in [-0.25, -0.2) is 9.78 Å². The highest BCUT2D eigenvalue weighted by Crippen LogP contribution is 2.25. The smallest absolute Gasteiger partial charge is 0.358 e. The summed E-state index contributed by atoms with van der Waals surface area (Å²) in [6, 6.07) is 0. The van der Waals surface area contributed by atoms with Crippen molar-refractivity contribution in [3.63, 3.8) is 0 Å². The monoisotopic (exact) mass is 310 g/mol. The number of esters is 1. The number of nitrogens with one attached hydrogen (secondary N) is 1. The Labute approximate surface area is 124 Å². The second-order valence-corrected chi connectivity index (χ2v) is 5.92. The standard InChI is InChI=1S/C13H14N2O3S2/c1-7-5-19-6-9(7)4-14-13-15-10(12(17)18-3)11(20-13)8(2)16/h5-6H,4H2,1-3H3,(H,14,15). The molecule has 0 aliphatic carbocycles. The molecule has 2 rings (SSSR count). The number of Topliss-reactive ketones (excluding diaryl/α,β-unsaturated/α-hetero) is 1. The maximum absolute atomic E-state index is 11.6. The fourth-order valence-electron chi connectivity index (χ4n) is 1.61. The van der Waals surface area contributed by atoms with Crippen LogP contribution in [0.2, 0.25) is 0 Å². The van der Waals surface area contributed by atoms with Gasteiger partial charge in [-0.1, -0.05) is 11.3 Å². The summed E-state index contributed by atoms with van der Waals surface area (Å²) in [5, 5.41) is 7.81. The van der Waals surface area contributed by atoms with Crippen LogP contribution in [0.4, 0.5) is 5.13 Å². The number of ether oxygens (including phenoxy) is 1. The van der Waals surface area contributed by atoms with E-state index in [2.05, 4.69) is 25.8 Å². The van der Waals surface area contributed by atoms with Gasteiger partial charge in [-0.05, 0) is 28.8 Å². The summed E-state index contributed by atoms with van der Waals surface area (Å²) in [6.45, 7) is 4.06. The van der Waals surface area contributed by atoms with Crippen molar-refractivity contribution in [3.05, 3.63) is 32.5 Å². The number of aromatic nitrogens is 1. The summed E-state index contributed by atoms with van der Waals surface area (Å²) in [6.07, 6.45) is 0. The zero-order valence-corrected chi connectivity index (χ0v) is 13.0. The Balaban J connectivity index is 2.19. The molecule has 0 spiro atoms. The maximum atomic E-state index is 11.6. The average Bonchev–Trinajstić information content (AvgIpc) is 3.01. The first kappa shape index (κ1) is 14.7. The molecule has 0 unspecified atom stereocenters. The molecule has 0 radical (unpaired) electrons. The molecule has 0 aromatic carbocycles. The van der Waals surface area contributed by atoms with Gasteiger partial charge < -0.3 is 10.1 Å². The number of thiazole rings is 1. The van der Waals surface area contributed by atoms with Gasteiger partial charge >= 0.3 is 5.97 Å². The molecule has 1 N–H and O–H groups in total. The number of carbonyl (C=O) groups is 2. The van der Waals surface area contributed by atoms with Crippen molar-refractivity contribution in [1.82, 2.24) is 4.98 Å². The molecule has 0 aliphatic heterocycles. The van der Waals surface area contributed by atoms with Crippen LogP contribution in [0.3, 0.4) is 0 Å². The van der Waals surface area contributed by atoms with Gasteiger partial charge in [0.05, 0.1) is 7.11 Å². The number of ketones is 1. The van der Waals surface area contributed by atoms with Crippen LogP contribution in [-0.4, -0.2) is 23.8 Å². The zero-order chi connectivity index (χ0) is 14.7. The Morgan fingerprint density at radius 1 is 1.40 bits per heavy atom. The van der Waals surface area contributed by atoms with Gasteiger partial charge in [-0.3, -0.25) is 4.79 Å². The fourth-order valence-corrected chi connectivity index (χ4v) is 3.31. The van der Waals surface area contributed by atoms with E-state index in [-0.39, 0.29) is 11.5 Å². The van der Waals surface area contributed by atoms with Crippen LogP contribution < -0.4 is 5.32 Å². The molecule has 0 fully saturated rings. The number of hydrogen-bond acceptors (Lipinski definition) is 7. The first-order valence-corrected chi connectivity index (χ1v) is 7.64. The second-order valence-electron chi connectivity index (χ2n) is 4.18. The fraction of sp³-hybridized carbons (Fsp3) is 0.308. The lowest BCUT2D eigenvalue weighted by Crippen LogP contribution is -2.07. The molecule has 20 heavy (non-hydrogen) atoms. The van der Waals surface area contributed by atoms with Crippen LogP contribution in [-0.2, 0) is 11.3 Å². The first-order valence-electron chi connectivity index (χ1n) is 5.88. The van der Waals surface area contributed by atoms with E-state index >= 15 is 0 Å². The van der Waals surface area contributed by atoms with E-state index in [1.807, 2.05) is 6.92 Å². The largest absolute Gasteiger partial charge is 0.464 e. The van der Waals surface area contributed by atoms with Crippen LogP contribution in [0.1, 0.15) is 38.2 Å². The predicted octanol–water partition coefficient (Wildman–Crippen LogP) is 3.11. The van der Waals surface area contributed by atoms with Crippen LogP contribution in [0.5, 0.6) is 0 Å². The summed E-state index contributed by atoms with van der Waals surface area (Å²) < 4.78 is 4.64. The Morgan fingerprint density at radius 2 is 2.15 bits per heavy atom. The Kier molecular flexibility index (Phi) is 4.51. The number of methoxy groups -OCH3 is 1. The maximum Gasteiger partial charge on any atom is 0.358 e. The molecule has 5 nitrogen and oxygen atoms in total. The van der Waals surface area contributed by atoms with Gasteiger partial charge in [-0.15, -0.1) is 0 Å². The number of thiophene rings is 1. The molecule has 0 saturated heterocycles. The number of aryl methyl sites for hydroxylation is 1. The lowest BCUT2D eigenvalue weighted by molar-refractivity contribution is 0.0591. The summed E-state index contributed by atoms with van der Waals surface area (Å²) in [4.78, 5) is 27.6. The molecule has 0 amide bonds. The number of anilines is 1. The Hall–Kier alpha value is -1.73. The van der Waals surface area contributed by atoms with Gasteiger partial charge in [0.2, 0.25) is 0 Å². The molecule has 0 aliphatic rings. The SMILES string of the molecule is COC(=O)c1nc(NCc2cscc2C)sc1C(C)=O. The summed E-state index contributed by atoms with van der Waals surface area (Å²) in [5.74, 6) is -0.783. The van der Waals surface area contributed by atoms with Crippen molar-refractivity contribution >= 4 is 39.6 Å². The first-order chi connectivity index (χ1) is 9.52. The molecule has 2 aromatic heterocycles. The van der Waals surface area contributed by atoms with Crippen LogP contribution in [0.15, 0.2) is 10.8 Å². The van der Waals surface area contributed by atoms with Crippen LogP contribution in [0.25, 0.3) is 0 Å².